The van der Waals surface area contributed by atoms with Gasteiger partial charge in [-0.2, -0.15) is 0 Å². The van der Waals surface area contributed by atoms with Gasteiger partial charge in [0.2, 0.25) is 18.3 Å². The Kier molecular flexibility index (Phi) is 5.93. The monoisotopic (exact) mass is 376 g/mol. The lowest BCUT2D eigenvalue weighted by Gasteiger charge is -2.19. The molecule has 3 rings (SSSR count). The van der Waals surface area contributed by atoms with Crippen LogP contribution < -0.4 is 23.7 Å². The van der Waals surface area contributed by atoms with Gasteiger partial charge in [0.25, 0.3) is 0 Å². The number of aliphatic hydroxyl groups is 2. The lowest BCUT2D eigenvalue weighted by Crippen LogP contribution is -2.16. The summed E-state index contributed by atoms with van der Waals surface area (Å²) in [6.45, 7) is 0.0875. The molecule has 0 fully saturated rings. The molecule has 0 saturated carbocycles. The van der Waals surface area contributed by atoms with Crippen LogP contribution in [0.25, 0.3) is 0 Å². The third kappa shape index (κ3) is 4.04. The van der Waals surface area contributed by atoms with E-state index in [0.29, 0.717) is 39.9 Å². The molecule has 0 amide bonds. The maximum Gasteiger partial charge on any atom is 0.231 e. The van der Waals surface area contributed by atoms with Gasteiger partial charge in [0.1, 0.15) is 5.75 Å². The van der Waals surface area contributed by atoms with Gasteiger partial charge in [-0.1, -0.05) is 12.1 Å². The van der Waals surface area contributed by atoms with Crippen LogP contribution in [0.1, 0.15) is 23.7 Å². The summed E-state index contributed by atoms with van der Waals surface area (Å²) in [6, 6.07) is 8.86. The molecule has 1 heterocycles. The normalized spacial score (nSPS) is 14.6. The van der Waals surface area contributed by atoms with Gasteiger partial charge in [-0.15, -0.1) is 0 Å². The zero-order chi connectivity index (χ0) is 19.4. The van der Waals surface area contributed by atoms with E-state index in [1.807, 2.05) is 0 Å². The average molecular weight is 376 g/mol. The molecule has 2 aromatic carbocycles. The van der Waals surface area contributed by atoms with E-state index >= 15 is 0 Å². The first kappa shape index (κ1) is 19.1. The van der Waals surface area contributed by atoms with Crippen molar-refractivity contribution in [1.29, 1.82) is 0 Å². The van der Waals surface area contributed by atoms with Gasteiger partial charge in [0.15, 0.2) is 11.5 Å². The second kappa shape index (κ2) is 8.37. The first-order chi connectivity index (χ1) is 13.1. The highest BCUT2D eigenvalue weighted by molar-refractivity contribution is 5.64. The number of aliphatic hydroxyl groups excluding tert-OH is 2. The molecule has 2 N–H and O–H groups in total. The standard InChI is InChI=1S/C20H24O7/c1-23-15-6-4-12(5-7-15)16(22)10-14(21)8-13-9-17(24-2)19-20(18(13)25-3)27-11-26-19/h4-7,9,14,16,21-22H,8,10-11H2,1-3H3. The van der Waals surface area contributed by atoms with Gasteiger partial charge in [-0.3, -0.25) is 0 Å². The second-order valence-electron chi connectivity index (χ2n) is 6.22. The summed E-state index contributed by atoms with van der Waals surface area (Å²) >= 11 is 0. The fourth-order valence-corrected chi connectivity index (χ4v) is 3.15. The summed E-state index contributed by atoms with van der Waals surface area (Å²) in [5, 5.41) is 20.9. The molecule has 0 aliphatic carbocycles. The lowest BCUT2D eigenvalue weighted by atomic mass is 9.98. The molecule has 7 heteroatoms. The molecule has 0 aromatic heterocycles. The highest BCUT2D eigenvalue weighted by Crippen LogP contribution is 2.49. The van der Waals surface area contributed by atoms with Crippen molar-refractivity contribution in [1.82, 2.24) is 0 Å². The Hall–Kier alpha value is -2.64. The lowest BCUT2D eigenvalue weighted by molar-refractivity contribution is 0.0803. The summed E-state index contributed by atoms with van der Waals surface area (Å²) in [7, 11) is 4.66. The minimum Gasteiger partial charge on any atom is -0.497 e. The molecule has 0 bridgehead atoms. The van der Waals surface area contributed by atoms with Crippen LogP contribution in [0.4, 0.5) is 0 Å². The van der Waals surface area contributed by atoms with Crippen LogP contribution in [0, 0.1) is 0 Å². The molecule has 146 valence electrons. The fraction of sp³-hybridized carbons (Fsp3) is 0.400. The van der Waals surface area contributed by atoms with Crippen molar-refractivity contribution < 1.29 is 33.9 Å². The molecular formula is C20H24O7. The van der Waals surface area contributed by atoms with Crippen LogP contribution in [0.5, 0.6) is 28.7 Å². The Labute approximate surface area is 158 Å². The Morgan fingerprint density at radius 2 is 1.67 bits per heavy atom. The number of hydrogen-bond acceptors (Lipinski definition) is 7. The largest absolute Gasteiger partial charge is 0.497 e. The summed E-state index contributed by atoms with van der Waals surface area (Å²) in [5.74, 6) is 2.69. The molecular weight excluding hydrogens is 352 g/mol. The van der Waals surface area contributed by atoms with Gasteiger partial charge in [0.05, 0.1) is 33.5 Å². The molecule has 27 heavy (non-hydrogen) atoms. The van der Waals surface area contributed by atoms with Crippen molar-refractivity contribution >= 4 is 0 Å². The van der Waals surface area contributed by atoms with Crippen molar-refractivity contribution in [2.45, 2.75) is 25.0 Å². The first-order valence-electron chi connectivity index (χ1n) is 8.60. The maximum atomic E-state index is 10.5. The van der Waals surface area contributed by atoms with Gasteiger partial charge in [-0.05, 0) is 23.8 Å². The molecule has 2 unspecified atom stereocenters. The molecule has 1 aliphatic rings. The Balaban J connectivity index is 1.74. The van der Waals surface area contributed by atoms with Crippen LogP contribution in [-0.2, 0) is 6.42 Å². The number of rotatable bonds is 8. The number of benzene rings is 2. The van der Waals surface area contributed by atoms with Crippen molar-refractivity contribution in [2.24, 2.45) is 0 Å². The summed E-state index contributed by atoms with van der Waals surface area (Å²) in [5.41, 5.74) is 1.43. The SMILES string of the molecule is COc1ccc(C(O)CC(O)Cc2cc(OC)c3c(c2OC)OCO3)cc1. The van der Waals surface area contributed by atoms with Crippen LogP contribution in [0.2, 0.25) is 0 Å². The van der Waals surface area contributed by atoms with Crippen LogP contribution in [-0.4, -0.2) is 44.4 Å². The molecule has 2 atom stereocenters. The Bertz CT molecular complexity index is 773. The van der Waals surface area contributed by atoms with Crippen molar-refractivity contribution in [3.05, 3.63) is 41.5 Å². The van der Waals surface area contributed by atoms with Crippen LogP contribution in [0.3, 0.4) is 0 Å². The molecule has 7 nitrogen and oxygen atoms in total. The molecule has 1 aliphatic heterocycles. The smallest absolute Gasteiger partial charge is 0.231 e. The second-order valence-corrected chi connectivity index (χ2v) is 6.22. The first-order valence-corrected chi connectivity index (χ1v) is 8.60. The van der Waals surface area contributed by atoms with E-state index in [1.54, 1.807) is 37.4 Å². The van der Waals surface area contributed by atoms with Crippen molar-refractivity contribution in [3.8, 4) is 28.7 Å². The van der Waals surface area contributed by atoms with E-state index in [2.05, 4.69) is 0 Å². The third-order valence-electron chi connectivity index (χ3n) is 4.52. The van der Waals surface area contributed by atoms with E-state index < -0.39 is 12.2 Å². The number of hydrogen-bond donors (Lipinski definition) is 2. The van der Waals surface area contributed by atoms with Crippen molar-refractivity contribution in [2.75, 3.05) is 28.1 Å². The summed E-state index contributed by atoms with van der Waals surface area (Å²) in [6.07, 6.45) is -1.15. The number of ether oxygens (including phenoxy) is 5. The van der Waals surface area contributed by atoms with E-state index in [-0.39, 0.29) is 19.6 Å². The molecule has 0 spiro atoms. The molecule has 0 saturated heterocycles. The topological polar surface area (TPSA) is 86.6 Å². The fourth-order valence-electron chi connectivity index (χ4n) is 3.15. The van der Waals surface area contributed by atoms with Crippen molar-refractivity contribution in [3.63, 3.8) is 0 Å². The summed E-state index contributed by atoms with van der Waals surface area (Å²) in [4.78, 5) is 0. The van der Waals surface area contributed by atoms with Gasteiger partial charge in [0, 0.05) is 18.4 Å². The van der Waals surface area contributed by atoms with Gasteiger partial charge >= 0.3 is 0 Å². The zero-order valence-corrected chi connectivity index (χ0v) is 15.6. The predicted molar refractivity (Wildman–Crippen MR) is 98.0 cm³/mol. The Morgan fingerprint density at radius 3 is 2.30 bits per heavy atom. The zero-order valence-electron chi connectivity index (χ0n) is 15.6. The summed E-state index contributed by atoms with van der Waals surface area (Å²) < 4.78 is 26.8. The van der Waals surface area contributed by atoms with E-state index in [4.69, 9.17) is 23.7 Å². The third-order valence-corrected chi connectivity index (χ3v) is 4.52. The van der Waals surface area contributed by atoms with Crippen LogP contribution in [0.15, 0.2) is 30.3 Å². The molecule has 2 aromatic rings. The highest BCUT2D eigenvalue weighted by Gasteiger charge is 2.28. The minimum atomic E-state index is -0.798. The number of fused-ring (bicyclic) bond motifs is 1. The van der Waals surface area contributed by atoms with E-state index in [1.165, 1.54) is 14.2 Å². The molecule has 0 radical (unpaired) electrons. The average Bonchev–Trinajstić information content (AvgIpc) is 3.17. The number of methoxy groups -OCH3 is 3. The highest BCUT2D eigenvalue weighted by atomic mass is 16.7. The van der Waals surface area contributed by atoms with Gasteiger partial charge < -0.3 is 33.9 Å². The van der Waals surface area contributed by atoms with E-state index in [0.717, 1.165) is 0 Å². The van der Waals surface area contributed by atoms with E-state index in [9.17, 15) is 10.2 Å². The maximum absolute atomic E-state index is 10.5. The predicted octanol–water partition coefficient (Wildman–Crippen LogP) is 2.47. The van der Waals surface area contributed by atoms with Gasteiger partial charge in [-0.25, -0.2) is 0 Å². The quantitative estimate of drug-likeness (QED) is 0.732. The Morgan fingerprint density at radius 1 is 0.963 bits per heavy atom. The van der Waals surface area contributed by atoms with Crippen LogP contribution >= 0.6 is 0 Å². The minimum absolute atomic E-state index is 0.0875.